The van der Waals surface area contributed by atoms with E-state index in [1.54, 1.807) is 0 Å². The van der Waals surface area contributed by atoms with Crippen molar-refractivity contribution in [3.05, 3.63) is 65.2 Å². The molecule has 0 radical (unpaired) electrons. The number of nitrogens with two attached hydrogens (primary N) is 1. The van der Waals surface area contributed by atoms with Gasteiger partial charge < -0.3 is 5.73 Å². The maximum Gasteiger partial charge on any atom is 0.136 e. The topological polar surface area (TPSA) is 26.0 Å². The molecule has 0 bridgehead atoms. The quantitative estimate of drug-likeness (QED) is 0.681. The molecule has 1 nitrogen and oxygen atoms in total. The zero-order valence-electron chi connectivity index (χ0n) is 10.2. The van der Waals surface area contributed by atoms with E-state index in [9.17, 15) is 17.6 Å². The highest BCUT2D eigenvalue weighted by molar-refractivity contribution is 7.99. The van der Waals surface area contributed by atoms with Gasteiger partial charge in [-0.1, -0.05) is 6.07 Å². The van der Waals surface area contributed by atoms with Crippen molar-refractivity contribution in [2.24, 2.45) is 5.73 Å². The van der Waals surface area contributed by atoms with E-state index in [-0.39, 0.29) is 16.2 Å². The van der Waals surface area contributed by atoms with Crippen molar-refractivity contribution in [1.29, 1.82) is 0 Å². The van der Waals surface area contributed by atoms with Gasteiger partial charge in [-0.15, -0.1) is 11.8 Å². The van der Waals surface area contributed by atoms with Gasteiger partial charge in [-0.25, -0.2) is 17.6 Å². The van der Waals surface area contributed by atoms with Crippen LogP contribution in [0.3, 0.4) is 0 Å². The molecular formula is C14H11F4NS. The molecule has 2 rings (SSSR count). The van der Waals surface area contributed by atoms with Crippen LogP contribution >= 0.6 is 11.8 Å². The fraction of sp³-hybridized carbons (Fsp3) is 0.143. The van der Waals surface area contributed by atoms with Crippen LogP contribution in [0.15, 0.2) is 41.3 Å². The number of halogens is 4. The minimum Gasteiger partial charge on any atom is -0.323 e. The van der Waals surface area contributed by atoms with E-state index in [1.165, 1.54) is 6.07 Å². The summed E-state index contributed by atoms with van der Waals surface area (Å²) in [6.07, 6.45) is 0. The average Bonchev–Trinajstić information content (AvgIpc) is 2.39. The van der Waals surface area contributed by atoms with Crippen LogP contribution in [0.1, 0.15) is 11.6 Å². The van der Waals surface area contributed by atoms with Crippen LogP contribution in [-0.4, -0.2) is 5.75 Å². The van der Waals surface area contributed by atoms with Gasteiger partial charge in [-0.05, 0) is 24.3 Å². The Morgan fingerprint density at radius 1 is 0.900 bits per heavy atom. The van der Waals surface area contributed by atoms with Gasteiger partial charge >= 0.3 is 0 Å². The number of rotatable bonds is 4. The Hall–Kier alpha value is -1.53. The molecule has 2 aromatic rings. The van der Waals surface area contributed by atoms with Crippen LogP contribution in [0.5, 0.6) is 0 Å². The molecule has 2 N–H and O–H groups in total. The zero-order chi connectivity index (χ0) is 14.7. The van der Waals surface area contributed by atoms with Crippen molar-refractivity contribution in [2.45, 2.75) is 10.9 Å². The summed E-state index contributed by atoms with van der Waals surface area (Å²) in [6, 6.07) is 5.42. The monoisotopic (exact) mass is 301 g/mol. The molecule has 0 aliphatic carbocycles. The van der Waals surface area contributed by atoms with Crippen molar-refractivity contribution in [1.82, 2.24) is 0 Å². The van der Waals surface area contributed by atoms with E-state index in [1.807, 2.05) is 0 Å². The lowest BCUT2D eigenvalue weighted by molar-refractivity contribution is 0.562. The molecule has 1 unspecified atom stereocenters. The molecule has 0 spiro atoms. The average molecular weight is 301 g/mol. The molecule has 1 atom stereocenters. The third-order valence-corrected chi connectivity index (χ3v) is 3.82. The lowest BCUT2D eigenvalue weighted by Crippen LogP contribution is -2.15. The summed E-state index contributed by atoms with van der Waals surface area (Å²) in [5.74, 6) is -2.43. The summed E-state index contributed by atoms with van der Waals surface area (Å²) >= 11 is 0.977. The third-order valence-electron chi connectivity index (χ3n) is 2.67. The first-order valence-corrected chi connectivity index (χ1v) is 6.74. The molecule has 0 heterocycles. The van der Waals surface area contributed by atoms with Gasteiger partial charge in [0, 0.05) is 28.3 Å². The zero-order valence-corrected chi connectivity index (χ0v) is 11.1. The number of thioether (sulfide) groups is 1. The third kappa shape index (κ3) is 3.52. The molecule has 0 amide bonds. The van der Waals surface area contributed by atoms with Crippen molar-refractivity contribution >= 4 is 11.8 Å². The Bertz CT molecular complexity index is 618. The fourth-order valence-corrected chi connectivity index (χ4v) is 2.60. The molecular weight excluding hydrogens is 290 g/mol. The van der Waals surface area contributed by atoms with Crippen molar-refractivity contribution in [3.63, 3.8) is 0 Å². The van der Waals surface area contributed by atoms with Crippen LogP contribution in [0.4, 0.5) is 17.6 Å². The predicted molar refractivity (Wildman–Crippen MR) is 70.4 cm³/mol. The summed E-state index contributed by atoms with van der Waals surface area (Å²) in [6.45, 7) is 0. The molecule has 2 aromatic carbocycles. The Balaban J connectivity index is 2.08. The van der Waals surface area contributed by atoms with E-state index in [0.717, 1.165) is 42.1 Å². The van der Waals surface area contributed by atoms with Crippen LogP contribution in [0.2, 0.25) is 0 Å². The van der Waals surface area contributed by atoms with Crippen LogP contribution in [0.25, 0.3) is 0 Å². The maximum atomic E-state index is 13.5. The molecule has 0 fully saturated rings. The highest BCUT2D eigenvalue weighted by atomic mass is 32.2. The van der Waals surface area contributed by atoms with Gasteiger partial charge in [0.05, 0.1) is 0 Å². The first kappa shape index (κ1) is 14.9. The highest BCUT2D eigenvalue weighted by Gasteiger charge is 2.14. The first-order valence-electron chi connectivity index (χ1n) is 5.76. The van der Waals surface area contributed by atoms with Crippen molar-refractivity contribution < 1.29 is 17.6 Å². The van der Waals surface area contributed by atoms with Crippen molar-refractivity contribution in [2.75, 3.05) is 5.75 Å². The van der Waals surface area contributed by atoms with Gasteiger partial charge in [0.1, 0.15) is 23.3 Å². The normalized spacial score (nSPS) is 12.4. The van der Waals surface area contributed by atoms with Crippen LogP contribution in [0, 0.1) is 23.3 Å². The van der Waals surface area contributed by atoms with Crippen LogP contribution < -0.4 is 5.73 Å². The van der Waals surface area contributed by atoms with Gasteiger partial charge in [-0.3, -0.25) is 0 Å². The van der Waals surface area contributed by atoms with Gasteiger partial charge in [0.2, 0.25) is 0 Å². The molecule has 0 saturated carbocycles. The van der Waals surface area contributed by atoms with E-state index < -0.39 is 29.3 Å². The summed E-state index contributed by atoms with van der Waals surface area (Å²) in [5, 5.41) is 0. The standard InChI is InChI=1S/C14H11F4NS/c15-8-1-3-10(12(18)5-8)13(19)7-20-14-6-9(16)2-4-11(14)17/h1-6,13H,7,19H2. The molecule has 20 heavy (non-hydrogen) atoms. The summed E-state index contributed by atoms with van der Waals surface area (Å²) in [4.78, 5) is 0.1000. The first-order chi connectivity index (χ1) is 9.47. The molecule has 0 aromatic heterocycles. The molecule has 106 valence electrons. The van der Waals surface area contributed by atoms with Crippen molar-refractivity contribution in [3.8, 4) is 0 Å². The molecule has 0 aliphatic heterocycles. The second-order valence-electron chi connectivity index (χ2n) is 4.16. The second kappa shape index (κ2) is 6.28. The maximum absolute atomic E-state index is 13.5. The van der Waals surface area contributed by atoms with E-state index >= 15 is 0 Å². The Kier molecular flexibility index (Phi) is 4.67. The number of benzene rings is 2. The summed E-state index contributed by atoms with van der Waals surface area (Å²) < 4.78 is 52.7. The van der Waals surface area contributed by atoms with Crippen LogP contribution in [-0.2, 0) is 0 Å². The lowest BCUT2D eigenvalue weighted by Gasteiger charge is -2.13. The van der Waals surface area contributed by atoms with E-state index in [4.69, 9.17) is 5.73 Å². The van der Waals surface area contributed by atoms with E-state index in [2.05, 4.69) is 0 Å². The SMILES string of the molecule is NC(CSc1cc(F)ccc1F)c1ccc(F)cc1F. The van der Waals surface area contributed by atoms with Gasteiger partial charge in [-0.2, -0.15) is 0 Å². The highest BCUT2D eigenvalue weighted by Crippen LogP contribution is 2.27. The lowest BCUT2D eigenvalue weighted by atomic mass is 10.1. The van der Waals surface area contributed by atoms with E-state index in [0.29, 0.717) is 0 Å². The summed E-state index contributed by atoms with van der Waals surface area (Å²) in [7, 11) is 0. The number of hydrogen-bond donors (Lipinski definition) is 1. The Morgan fingerprint density at radius 3 is 2.25 bits per heavy atom. The minimum atomic E-state index is -0.752. The number of hydrogen-bond acceptors (Lipinski definition) is 2. The Morgan fingerprint density at radius 2 is 1.55 bits per heavy atom. The largest absolute Gasteiger partial charge is 0.323 e. The van der Waals surface area contributed by atoms with Gasteiger partial charge in [0.15, 0.2) is 0 Å². The molecule has 0 saturated heterocycles. The smallest absolute Gasteiger partial charge is 0.136 e. The molecule has 6 heteroatoms. The summed E-state index contributed by atoms with van der Waals surface area (Å²) in [5.41, 5.74) is 5.92. The minimum absolute atomic E-state index is 0.1000. The predicted octanol–water partition coefficient (Wildman–Crippen LogP) is 4.04. The Labute approximate surface area is 117 Å². The second-order valence-corrected chi connectivity index (χ2v) is 5.22. The fourth-order valence-electron chi connectivity index (χ4n) is 1.66. The molecule has 0 aliphatic rings. The van der Waals surface area contributed by atoms with Gasteiger partial charge in [0.25, 0.3) is 0 Å².